The summed E-state index contributed by atoms with van der Waals surface area (Å²) in [6, 6.07) is 9.41. The molecule has 0 fully saturated rings. The second-order valence-corrected chi connectivity index (χ2v) is 5.71. The summed E-state index contributed by atoms with van der Waals surface area (Å²) in [6.07, 6.45) is 2.44. The van der Waals surface area contributed by atoms with Crippen molar-refractivity contribution in [1.29, 1.82) is 0 Å². The van der Waals surface area contributed by atoms with Gasteiger partial charge in [-0.3, -0.25) is 9.59 Å². The van der Waals surface area contributed by atoms with Gasteiger partial charge in [0.05, 0.1) is 11.3 Å². The zero-order valence-corrected chi connectivity index (χ0v) is 13.8. The van der Waals surface area contributed by atoms with Crippen molar-refractivity contribution in [2.45, 2.75) is 39.2 Å². The molecule has 1 amide bonds. The van der Waals surface area contributed by atoms with E-state index in [2.05, 4.69) is 15.3 Å². The van der Waals surface area contributed by atoms with Crippen molar-refractivity contribution >= 4 is 11.9 Å². The standard InChI is InChI=1S/C18H21N3O3/c1-12-16(11-19-13(2)20-12)18(24)21-15(8-9-17(22)23)10-14-6-4-3-5-7-14/h3-7,11,15H,8-10H2,1-2H3,(H,21,24)(H,22,23). The fourth-order valence-corrected chi connectivity index (χ4v) is 2.49. The number of nitrogens with one attached hydrogen (secondary N) is 1. The molecule has 1 atom stereocenters. The lowest BCUT2D eigenvalue weighted by Gasteiger charge is -2.19. The van der Waals surface area contributed by atoms with Crippen LogP contribution in [0, 0.1) is 13.8 Å². The lowest BCUT2D eigenvalue weighted by Crippen LogP contribution is -2.37. The second kappa shape index (κ2) is 8.19. The van der Waals surface area contributed by atoms with Crippen LogP contribution >= 0.6 is 0 Å². The molecule has 1 aromatic carbocycles. The second-order valence-electron chi connectivity index (χ2n) is 5.71. The summed E-state index contributed by atoms with van der Waals surface area (Å²) in [5.41, 5.74) is 2.07. The number of carbonyl (C=O) groups is 2. The van der Waals surface area contributed by atoms with Gasteiger partial charge < -0.3 is 10.4 Å². The monoisotopic (exact) mass is 327 g/mol. The molecule has 0 aliphatic heterocycles. The van der Waals surface area contributed by atoms with Gasteiger partial charge in [-0.05, 0) is 32.3 Å². The van der Waals surface area contributed by atoms with Gasteiger partial charge in [0.25, 0.3) is 5.91 Å². The highest BCUT2D eigenvalue weighted by Crippen LogP contribution is 2.10. The average molecular weight is 327 g/mol. The summed E-state index contributed by atoms with van der Waals surface area (Å²) in [6.45, 7) is 3.52. The van der Waals surface area contributed by atoms with E-state index in [0.29, 0.717) is 29.9 Å². The molecule has 0 spiro atoms. The molecule has 1 aromatic heterocycles. The number of aryl methyl sites for hydroxylation is 2. The van der Waals surface area contributed by atoms with E-state index >= 15 is 0 Å². The Bertz CT molecular complexity index is 717. The minimum atomic E-state index is -0.878. The molecular weight excluding hydrogens is 306 g/mol. The highest BCUT2D eigenvalue weighted by Gasteiger charge is 2.18. The predicted octanol–water partition coefficient (Wildman–Crippen LogP) is 2.30. The molecule has 0 aliphatic rings. The summed E-state index contributed by atoms with van der Waals surface area (Å²) in [5.74, 6) is -0.549. The molecule has 0 aliphatic carbocycles. The molecule has 24 heavy (non-hydrogen) atoms. The lowest BCUT2D eigenvalue weighted by molar-refractivity contribution is -0.137. The molecular formula is C18H21N3O3. The third-order valence-corrected chi connectivity index (χ3v) is 3.71. The van der Waals surface area contributed by atoms with Crippen molar-refractivity contribution in [3.63, 3.8) is 0 Å². The van der Waals surface area contributed by atoms with Crippen molar-refractivity contribution in [2.24, 2.45) is 0 Å². The van der Waals surface area contributed by atoms with Crippen molar-refractivity contribution in [3.8, 4) is 0 Å². The minimum absolute atomic E-state index is 0.00115. The Hall–Kier alpha value is -2.76. The predicted molar refractivity (Wildman–Crippen MR) is 89.8 cm³/mol. The molecule has 1 heterocycles. The van der Waals surface area contributed by atoms with E-state index in [9.17, 15) is 9.59 Å². The zero-order valence-electron chi connectivity index (χ0n) is 13.8. The number of carboxylic acids is 1. The van der Waals surface area contributed by atoms with E-state index in [1.165, 1.54) is 6.20 Å². The van der Waals surface area contributed by atoms with E-state index in [0.717, 1.165) is 5.56 Å². The molecule has 2 rings (SSSR count). The van der Waals surface area contributed by atoms with Gasteiger partial charge in [0, 0.05) is 18.7 Å². The van der Waals surface area contributed by atoms with Crippen molar-refractivity contribution in [1.82, 2.24) is 15.3 Å². The van der Waals surface area contributed by atoms with E-state index < -0.39 is 5.97 Å². The van der Waals surface area contributed by atoms with Crippen LogP contribution in [0.1, 0.15) is 40.3 Å². The largest absolute Gasteiger partial charge is 0.481 e. The van der Waals surface area contributed by atoms with Gasteiger partial charge in [0.15, 0.2) is 0 Å². The minimum Gasteiger partial charge on any atom is -0.481 e. The number of aromatic nitrogens is 2. The molecule has 126 valence electrons. The van der Waals surface area contributed by atoms with Gasteiger partial charge in [0.1, 0.15) is 5.82 Å². The van der Waals surface area contributed by atoms with Crippen LogP contribution in [0.15, 0.2) is 36.5 Å². The number of carbonyl (C=O) groups excluding carboxylic acids is 1. The van der Waals surface area contributed by atoms with Gasteiger partial charge >= 0.3 is 5.97 Å². The van der Waals surface area contributed by atoms with Crippen LogP contribution in [-0.4, -0.2) is 33.0 Å². The summed E-state index contributed by atoms with van der Waals surface area (Å²) in [7, 11) is 0. The Labute approximate surface area is 141 Å². The summed E-state index contributed by atoms with van der Waals surface area (Å²) in [5, 5.41) is 11.8. The van der Waals surface area contributed by atoms with E-state index in [4.69, 9.17) is 5.11 Å². The summed E-state index contributed by atoms with van der Waals surface area (Å²) < 4.78 is 0. The zero-order chi connectivity index (χ0) is 17.5. The van der Waals surface area contributed by atoms with Crippen LogP contribution in [-0.2, 0) is 11.2 Å². The Balaban J connectivity index is 2.11. The van der Waals surface area contributed by atoms with Gasteiger partial charge in [0.2, 0.25) is 0 Å². The number of hydrogen-bond donors (Lipinski definition) is 2. The van der Waals surface area contributed by atoms with E-state index in [-0.39, 0.29) is 18.4 Å². The number of nitrogens with zero attached hydrogens (tertiary/aromatic N) is 2. The van der Waals surface area contributed by atoms with Crippen LogP contribution in [0.4, 0.5) is 0 Å². The molecule has 1 unspecified atom stereocenters. The highest BCUT2D eigenvalue weighted by atomic mass is 16.4. The highest BCUT2D eigenvalue weighted by molar-refractivity contribution is 5.95. The first-order valence-corrected chi connectivity index (χ1v) is 7.82. The van der Waals surface area contributed by atoms with Gasteiger partial charge in [-0.2, -0.15) is 0 Å². The maximum Gasteiger partial charge on any atom is 0.303 e. The first-order chi connectivity index (χ1) is 11.5. The van der Waals surface area contributed by atoms with Gasteiger partial charge in [-0.25, -0.2) is 9.97 Å². The Morgan fingerprint density at radius 1 is 1.21 bits per heavy atom. The average Bonchev–Trinajstić information content (AvgIpc) is 2.53. The van der Waals surface area contributed by atoms with E-state index in [1.807, 2.05) is 30.3 Å². The van der Waals surface area contributed by atoms with Crippen LogP contribution in [0.3, 0.4) is 0 Å². The fraction of sp³-hybridized carbons (Fsp3) is 0.333. The first kappa shape index (κ1) is 17.6. The number of rotatable bonds is 7. The van der Waals surface area contributed by atoms with Crippen LogP contribution in [0.2, 0.25) is 0 Å². The third-order valence-electron chi connectivity index (χ3n) is 3.71. The van der Waals surface area contributed by atoms with Crippen molar-refractivity contribution in [3.05, 3.63) is 59.2 Å². The number of benzene rings is 1. The quantitative estimate of drug-likeness (QED) is 0.814. The van der Waals surface area contributed by atoms with E-state index in [1.54, 1.807) is 13.8 Å². The summed E-state index contributed by atoms with van der Waals surface area (Å²) >= 11 is 0. The topological polar surface area (TPSA) is 92.2 Å². The molecule has 2 N–H and O–H groups in total. The molecule has 0 radical (unpaired) electrons. The Morgan fingerprint density at radius 2 is 1.92 bits per heavy atom. The lowest BCUT2D eigenvalue weighted by atomic mass is 10.0. The molecule has 2 aromatic rings. The first-order valence-electron chi connectivity index (χ1n) is 7.82. The molecule has 6 heteroatoms. The summed E-state index contributed by atoms with van der Waals surface area (Å²) in [4.78, 5) is 31.6. The SMILES string of the molecule is Cc1ncc(C(=O)NC(CCC(=O)O)Cc2ccccc2)c(C)n1. The van der Waals surface area contributed by atoms with Crippen molar-refractivity contribution in [2.75, 3.05) is 0 Å². The van der Waals surface area contributed by atoms with Crippen LogP contribution in [0.25, 0.3) is 0 Å². The van der Waals surface area contributed by atoms with Crippen molar-refractivity contribution < 1.29 is 14.7 Å². The maximum atomic E-state index is 12.5. The molecule has 0 bridgehead atoms. The maximum absolute atomic E-state index is 12.5. The van der Waals surface area contributed by atoms with Gasteiger partial charge in [-0.1, -0.05) is 30.3 Å². The number of carboxylic acid groups (broad SMARTS) is 1. The number of hydrogen-bond acceptors (Lipinski definition) is 4. The Morgan fingerprint density at radius 3 is 2.54 bits per heavy atom. The van der Waals surface area contributed by atoms with Crippen LogP contribution < -0.4 is 5.32 Å². The molecule has 0 saturated heterocycles. The smallest absolute Gasteiger partial charge is 0.303 e. The van der Waals surface area contributed by atoms with Crippen LogP contribution in [0.5, 0.6) is 0 Å². The number of amides is 1. The number of aliphatic carboxylic acids is 1. The molecule has 0 saturated carbocycles. The molecule has 6 nitrogen and oxygen atoms in total. The normalized spacial score (nSPS) is 11.8. The van der Waals surface area contributed by atoms with Gasteiger partial charge in [-0.15, -0.1) is 0 Å². The fourth-order valence-electron chi connectivity index (χ4n) is 2.49. The third kappa shape index (κ3) is 5.15. The Kier molecular flexibility index (Phi) is 6.01.